The van der Waals surface area contributed by atoms with Crippen LogP contribution < -0.4 is 10.0 Å². The lowest BCUT2D eigenvalue weighted by Gasteiger charge is -2.23. The minimum absolute atomic E-state index is 0.0629. The molecule has 1 amide bonds. The molecule has 0 unspecified atom stereocenters. The number of rotatable bonds is 4. The Morgan fingerprint density at radius 1 is 1.36 bits per heavy atom. The van der Waals surface area contributed by atoms with Crippen molar-refractivity contribution >= 4 is 21.6 Å². The molecule has 1 aromatic carbocycles. The van der Waals surface area contributed by atoms with Crippen LogP contribution in [0.1, 0.15) is 31.7 Å². The van der Waals surface area contributed by atoms with E-state index in [4.69, 9.17) is 0 Å². The second-order valence-electron chi connectivity index (χ2n) is 6.06. The van der Waals surface area contributed by atoms with Gasteiger partial charge in [-0.3, -0.25) is 4.79 Å². The van der Waals surface area contributed by atoms with E-state index in [0.29, 0.717) is 18.5 Å². The van der Waals surface area contributed by atoms with Gasteiger partial charge in [0.2, 0.25) is 15.9 Å². The Balaban J connectivity index is 1.90. The van der Waals surface area contributed by atoms with E-state index in [1.165, 1.54) is 6.07 Å². The van der Waals surface area contributed by atoms with Crippen LogP contribution >= 0.6 is 0 Å². The van der Waals surface area contributed by atoms with E-state index in [1.807, 2.05) is 0 Å². The van der Waals surface area contributed by atoms with Crippen molar-refractivity contribution in [1.29, 1.82) is 5.26 Å². The lowest BCUT2D eigenvalue weighted by molar-refractivity contribution is -0.116. The maximum absolute atomic E-state index is 12.5. The maximum Gasteiger partial charge on any atom is 0.241 e. The molecule has 0 radical (unpaired) electrons. The molecule has 2 aliphatic rings. The summed E-state index contributed by atoms with van der Waals surface area (Å²) in [5.41, 5.74) is 0.385. The van der Waals surface area contributed by atoms with Crippen molar-refractivity contribution in [3.8, 4) is 6.07 Å². The minimum Gasteiger partial charge on any atom is -0.326 e. The molecule has 1 aromatic rings. The summed E-state index contributed by atoms with van der Waals surface area (Å²) in [6, 6.07) is 6.71. The van der Waals surface area contributed by atoms with Gasteiger partial charge in [0.15, 0.2) is 0 Å². The number of carbonyl (C=O) groups is 1. The van der Waals surface area contributed by atoms with Crippen LogP contribution in [0.15, 0.2) is 23.1 Å². The van der Waals surface area contributed by atoms with E-state index >= 15 is 0 Å². The van der Waals surface area contributed by atoms with E-state index in [2.05, 4.69) is 16.1 Å². The second-order valence-corrected chi connectivity index (χ2v) is 7.74. The first-order chi connectivity index (χ1) is 10.3. The van der Waals surface area contributed by atoms with Gasteiger partial charge in [0.25, 0.3) is 0 Å². The van der Waals surface area contributed by atoms with Crippen LogP contribution in [0, 0.1) is 17.2 Å². The topological polar surface area (TPSA) is 99.1 Å². The van der Waals surface area contributed by atoms with E-state index in [9.17, 15) is 18.5 Å². The van der Waals surface area contributed by atoms with Crippen LogP contribution in [0.4, 0.5) is 5.69 Å². The Morgan fingerprint density at radius 2 is 2.09 bits per heavy atom. The monoisotopic (exact) mass is 319 g/mol. The average molecular weight is 319 g/mol. The largest absolute Gasteiger partial charge is 0.326 e. The van der Waals surface area contributed by atoms with Crippen LogP contribution in [0.2, 0.25) is 0 Å². The molecule has 1 atom stereocenters. The number of anilines is 1. The Morgan fingerprint density at radius 3 is 2.73 bits per heavy atom. The number of hydrogen-bond donors (Lipinski definition) is 2. The van der Waals surface area contributed by atoms with Gasteiger partial charge in [-0.25, -0.2) is 8.42 Å². The van der Waals surface area contributed by atoms with Gasteiger partial charge in [-0.2, -0.15) is 9.98 Å². The Labute approximate surface area is 129 Å². The van der Waals surface area contributed by atoms with Crippen molar-refractivity contribution in [2.24, 2.45) is 5.92 Å². The van der Waals surface area contributed by atoms with E-state index in [0.717, 1.165) is 18.4 Å². The number of sulfonamides is 1. The quantitative estimate of drug-likeness (QED) is 0.879. The number of hydrogen-bond acceptors (Lipinski definition) is 4. The predicted octanol–water partition coefficient (Wildman–Crippen LogP) is 1.54. The van der Waals surface area contributed by atoms with Crippen LogP contribution in [0.3, 0.4) is 0 Å². The SMILES string of the molecule is C[C@@](C#N)(NS(=O)(=O)c1ccc2c(c1)CCC(=O)N2)C1CC1. The zero-order chi connectivity index (χ0) is 16.0. The Bertz CT molecular complexity index is 778. The summed E-state index contributed by atoms with van der Waals surface area (Å²) in [5, 5.41) is 12.0. The van der Waals surface area contributed by atoms with Gasteiger partial charge in [0, 0.05) is 12.1 Å². The summed E-state index contributed by atoms with van der Waals surface area (Å²) in [6.45, 7) is 1.63. The van der Waals surface area contributed by atoms with Gasteiger partial charge < -0.3 is 5.32 Å². The highest BCUT2D eigenvalue weighted by atomic mass is 32.2. The summed E-state index contributed by atoms with van der Waals surface area (Å²) < 4.78 is 27.6. The minimum atomic E-state index is -3.77. The predicted molar refractivity (Wildman–Crippen MR) is 80.5 cm³/mol. The van der Waals surface area contributed by atoms with Crippen molar-refractivity contribution in [3.05, 3.63) is 23.8 Å². The fourth-order valence-corrected chi connectivity index (χ4v) is 4.16. The van der Waals surface area contributed by atoms with Crippen LogP contribution in [0.5, 0.6) is 0 Å². The first-order valence-electron chi connectivity index (χ1n) is 7.22. The van der Waals surface area contributed by atoms with Crippen LogP contribution in [0.25, 0.3) is 0 Å². The van der Waals surface area contributed by atoms with Gasteiger partial charge in [-0.1, -0.05) is 0 Å². The van der Waals surface area contributed by atoms with Crippen molar-refractivity contribution < 1.29 is 13.2 Å². The summed E-state index contributed by atoms with van der Waals surface area (Å²) in [6.07, 6.45) is 2.59. The van der Waals surface area contributed by atoms with E-state index < -0.39 is 15.6 Å². The molecule has 0 spiro atoms. The molecular formula is C15H17N3O3S. The van der Waals surface area contributed by atoms with Gasteiger partial charge in [0.05, 0.1) is 11.0 Å². The normalized spacial score (nSPS) is 20.5. The van der Waals surface area contributed by atoms with Gasteiger partial charge in [0.1, 0.15) is 5.54 Å². The Hall–Kier alpha value is -1.91. The number of fused-ring (bicyclic) bond motifs is 1. The molecule has 7 heteroatoms. The number of nitrogens with zero attached hydrogens (tertiary/aromatic N) is 1. The Kier molecular flexibility index (Phi) is 3.46. The van der Waals surface area contributed by atoms with Crippen molar-refractivity contribution in [2.45, 2.75) is 43.0 Å². The van der Waals surface area contributed by atoms with Gasteiger partial charge in [-0.15, -0.1) is 0 Å². The third-order valence-corrected chi connectivity index (χ3v) is 5.82. The number of aryl methyl sites for hydroxylation is 1. The van der Waals surface area contributed by atoms with E-state index in [1.54, 1.807) is 19.1 Å². The highest BCUT2D eigenvalue weighted by molar-refractivity contribution is 7.89. The molecule has 22 heavy (non-hydrogen) atoms. The summed E-state index contributed by atoms with van der Waals surface area (Å²) in [7, 11) is -3.77. The van der Waals surface area contributed by atoms with Crippen LogP contribution in [-0.4, -0.2) is 19.9 Å². The first kappa shape index (κ1) is 15.0. The standard InChI is InChI=1S/C15H17N3O3S/c1-15(9-16,11-3-4-11)18-22(20,21)12-5-6-13-10(8-12)2-7-14(19)17-13/h5-6,8,11,18H,2-4,7H2,1H3,(H,17,19)/t15-/m0/s1. The van der Waals surface area contributed by atoms with E-state index in [-0.39, 0.29) is 16.7 Å². The fraction of sp³-hybridized carbons (Fsp3) is 0.467. The molecule has 2 N–H and O–H groups in total. The second kappa shape index (κ2) is 5.07. The number of carbonyl (C=O) groups excluding carboxylic acids is 1. The molecule has 1 aliphatic carbocycles. The number of nitrogens with one attached hydrogen (secondary N) is 2. The third kappa shape index (κ3) is 2.72. The molecule has 0 bridgehead atoms. The van der Waals surface area contributed by atoms with Crippen molar-refractivity contribution in [3.63, 3.8) is 0 Å². The first-order valence-corrected chi connectivity index (χ1v) is 8.70. The van der Waals surface area contributed by atoms with Gasteiger partial charge in [-0.05, 0) is 55.9 Å². The van der Waals surface area contributed by atoms with Gasteiger partial charge >= 0.3 is 0 Å². The molecule has 6 nitrogen and oxygen atoms in total. The summed E-state index contributed by atoms with van der Waals surface area (Å²) in [5.74, 6) is 0.0104. The number of benzene rings is 1. The molecule has 1 aliphatic heterocycles. The summed E-state index contributed by atoms with van der Waals surface area (Å²) >= 11 is 0. The highest BCUT2D eigenvalue weighted by Crippen LogP contribution is 2.40. The lowest BCUT2D eigenvalue weighted by atomic mass is 10.0. The lowest BCUT2D eigenvalue weighted by Crippen LogP contribution is -2.46. The molecule has 1 fully saturated rings. The van der Waals surface area contributed by atoms with Crippen molar-refractivity contribution in [1.82, 2.24) is 4.72 Å². The summed E-state index contributed by atoms with van der Waals surface area (Å²) in [4.78, 5) is 11.5. The molecule has 1 saturated carbocycles. The zero-order valence-electron chi connectivity index (χ0n) is 12.2. The fourth-order valence-electron chi connectivity index (χ4n) is 2.72. The zero-order valence-corrected chi connectivity index (χ0v) is 13.0. The molecular weight excluding hydrogens is 302 g/mol. The smallest absolute Gasteiger partial charge is 0.241 e. The molecule has 116 valence electrons. The maximum atomic E-state index is 12.5. The molecule has 3 rings (SSSR count). The van der Waals surface area contributed by atoms with Crippen molar-refractivity contribution in [2.75, 3.05) is 5.32 Å². The number of amides is 1. The molecule has 0 saturated heterocycles. The molecule has 0 aromatic heterocycles. The highest BCUT2D eigenvalue weighted by Gasteiger charge is 2.44. The number of nitriles is 1. The average Bonchev–Trinajstić information content (AvgIpc) is 3.31. The third-order valence-electron chi connectivity index (χ3n) is 4.25. The van der Waals surface area contributed by atoms with Crippen LogP contribution in [-0.2, 0) is 21.2 Å². The molecule has 1 heterocycles.